The summed E-state index contributed by atoms with van der Waals surface area (Å²) in [7, 11) is 0. The third kappa shape index (κ3) is 2.79. The van der Waals surface area contributed by atoms with E-state index in [0.717, 1.165) is 18.5 Å². The van der Waals surface area contributed by atoms with Crippen molar-refractivity contribution in [2.75, 3.05) is 5.73 Å². The largest absolute Gasteiger partial charge is 0.474 e. The average molecular weight is 273 g/mol. The highest BCUT2D eigenvalue weighted by atomic mass is 16.5. The second kappa shape index (κ2) is 5.43. The van der Waals surface area contributed by atoms with Crippen LogP contribution in [0.1, 0.15) is 69.0 Å². The summed E-state index contributed by atoms with van der Waals surface area (Å²) in [5.74, 6) is 1.14. The molecule has 108 valence electrons. The molecule has 3 rings (SSSR count). The molecule has 0 unspecified atom stereocenters. The maximum absolute atomic E-state index is 7.93. The topological polar surface area (TPSA) is 72.0 Å². The Labute approximate surface area is 120 Å². The van der Waals surface area contributed by atoms with E-state index in [9.17, 15) is 0 Å². The number of anilines is 1. The highest BCUT2D eigenvalue weighted by Crippen LogP contribution is 2.41. The van der Waals surface area contributed by atoms with Crippen molar-refractivity contribution in [2.45, 2.75) is 63.9 Å². The molecular formula is C16H23N3O. The van der Waals surface area contributed by atoms with Gasteiger partial charge in [0.2, 0.25) is 5.88 Å². The molecule has 3 N–H and O–H groups in total. The quantitative estimate of drug-likeness (QED) is 0.823. The molecule has 0 atom stereocenters. The van der Waals surface area contributed by atoms with Crippen molar-refractivity contribution in [1.82, 2.24) is 4.98 Å². The van der Waals surface area contributed by atoms with Gasteiger partial charge in [-0.1, -0.05) is 6.42 Å². The van der Waals surface area contributed by atoms with E-state index in [-0.39, 0.29) is 6.10 Å². The molecule has 2 saturated carbocycles. The van der Waals surface area contributed by atoms with Crippen LogP contribution in [-0.4, -0.2) is 16.8 Å². The summed E-state index contributed by atoms with van der Waals surface area (Å²) in [6, 6.07) is 1.93. The first kappa shape index (κ1) is 13.4. The molecule has 1 aromatic heterocycles. The Bertz CT molecular complexity index is 517. The Morgan fingerprint density at radius 2 is 1.95 bits per heavy atom. The zero-order valence-corrected chi connectivity index (χ0v) is 12.1. The average Bonchev–Trinajstić information content (AvgIpc) is 3.23. The fraction of sp³-hybridized carbons (Fsp3) is 0.625. The van der Waals surface area contributed by atoms with Crippen LogP contribution in [0.5, 0.6) is 5.88 Å². The van der Waals surface area contributed by atoms with Gasteiger partial charge >= 0.3 is 0 Å². The van der Waals surface area contributed by atoms with E-state index in [1.54, 1.807) is 6.92 Å². The molecule has 0 radical (unpaired) electrons. The van der Waals surface area contributed by atoms with E-state index in [1.165, 1.54) is 32.1 Å². The number of nitrogens with zero attached hydrogens (tertiary/aromatic N) is 1. The molecule has 2 fully saturated rings. The van der Waals surface area contributed by atoms with E-state index in [1.807, 2.05) is 6.07 Å². The van der Waals surface area contributed by atoms with E-state index >= 15 is 0 Å². The molecule has 0 spiro atoms. The highest BCUT2D eigenvalue weighted by molar-refractivity contribution is 6.03. The maximum Gasteiger partial charge on any atom is 0.225 e. The van der Waals surface area contributed by atoms with Gasteiger partial charge in [-0.3, -0.25) is 0 Å². The third-order valence-corrected chi connectivity index (χ3v) is 4.24. The Balaban J connectivity index is 1.90. The Morgan fingerprint density at radius 1 is 1.25 bits per heavy atom. The normalized spacial score (nSPS) is 19.9. The fourth-order valence-corrected chi connectivity index (χ4v) is 2.95. The zero-order chi connectivity index (χ0) is 14.1. The van der Waals surface area contributed by atoms with Crippen LogP contribution in [0.2, 0.25) is 0 Å². The fourth-order valence-electron chi connectivity index (χ4n) is 2.95. The molecule has 4 heteroatoms. The van der Waals surface area contributed by atoms with Crippen molar-refractivity contribution in [3.8, 4) is 5.88 Å². The lowest BCUT2D eigenvalue weighted by atomic mass is 9.98. The van der Waals surface area contributed by atoms with Gasteiger partial charge in [-0.2, -0.15) is 0 Å². The number of nitrogen functional groups attached to an aromatic ring is 1. The minimum atomic E-state index is 0.239. The molecule has 0 amide bonds. The van der Waals surface area contributed by atoms with Gasteiger partial charge in [0.25, 0.3) is 0 Å². The van der Waals surface area contributed by atoms with Crippen LogP contribution in [0.3, 0.4) is 0 Å². The predicted molar refractivity (Wildman–Crippen MR) is 80.6 cm³/mol. The van der Waals surface area contributed by atoms with Crippen molar-refractivity contribution in [3.63, 3.8) is 0 Å². The SMILES string of the molecule is CC(=N)c1c(N)cc(C2CC2)nc1OC1CCCCC1. The lowest BCUT2D eigenvalue weighted by Gasteiger charge is -2.24. The third-order valence-electron chi connectivity index (χ3n) is 4.24. The van der Waals surface area contributed by atoms with E-state index in [4.69, 9.17) is 15.9 Å². The molecule has 1 heterocycles. The van der Waals surface area contributed by atoms with Gasteiger partial charge in [0, 0.05) is 23.0 Å². The lowest BCUT2D eigenvalue weighted by molar-refractivity contribution is 0.148. The number of hydrogen-bond donors (Lipinski definition) is 2. The van der Waals surface area contributed by atoms with Crippen LogP contribution in [0.15, 0.2) is 6.07 Å². The minimum absolute atomic E-state index is 0.239. The van der Waals surface area contributed by atoms with Gasteiger partial charge < -0.3 is 15.9 Å². The zero-order valence-electron chi connectivity index (χ0n) is 12.1. The van der Waals surface area contributed by atoms with Crippen LogP contribution in [0, 0.1) is 5.41 Å². The first-order chi connectivity index (χ1) is 9.65. The number of rotatable bonds is 4. The first-order valence-electron chi connectivity index (χ1n) is 7.67. The molecule has 0 aliphatic heterocycles. The number of ether oxygens (including phenoxy) is 1. The Morgan fingerprint density at radius 3 is 2.55 bits per heavy atom. The molecule has 0 bridgehead atoms. The van der Waals surface area contributed by atoms with Crippen LogP contribution >= 0.6 is 0 Å². The summed E-state index contributed by atoms with van der Waals surface area (Å²) in [5, 5.41) is 7.93. The Hall–Kier alpha value is -1.58. The highest BCUT2D eigenvalue weighted by Gasteiger charge is 2.28. The van der Waals surface area contributed by atoms with Crippen LogP contribution < -0.4 is 10.5 Å². The van der Waals surface area contributed by atoms with Crippen molar-refractivity contribution in [3.05, 3.63) is 17.3 Å². The molecule has 2 aliphatic rings. The molecular weight excluding hydrogens is 250 g/mol. The molecule has 2 aliphatic carbocycles. The number of pyridine rings is 1. The van der Waals surface area contributed by atoms with Crippen molar-refractivity contribution in [2.24, 2.45) is 0 Å². The van der Waals surface area contributed by atoms with Gasteiger partial charge in [-0.15, -0.1) is 0 Å². The van der Waals surface area contributed by atoms with Crippen molar-refractivity contribution >= 4 is 11.4 Å². The van der Waals surface area contributed by atoms with Gasteiger partial charge in [-0.25, -0.2) is 4.98 Å². The van der Waals surface area contributed by atoms with E-state index in [0.29, 0.717) is 28.8 Å². The molecule has 1 aromatic rings. The van der Waals surface area contributed by atoms with Gasteiger partial charge in [-0.05, 0) is 51.5 Å². The standard InChI is InChI=1S/C16H23N3O/c1-10(17)15-13(18)9-14(11-7-8-11)19-16(15)20-12-5-3-2-4-6-12/h9,11-12,17H,2-8H2,1H3,(H2,18,19). The van der Waals surface area contributed by atoms with Crippen molar-refractivity contribution in [1.29, 1.82) is 5.41 Å². The van der Waals surface area contributed by atoms with Crippen molar-refractivity contribution < 1.29 is 4.74 Å². The first-order valence-corrected chi connectivity index (χ1v) is 7.67. The van der Waals surface area contributed by atoms with E-state index < -0.39 is 0 Å². The summed E-state index contributed by atoms with van der Waals surface area (Å²) in [6.45, 7) is 1.75. The minimum Gasteiger partial charge on any atom is -0.474 e. The van der Waals surface area contributed by atoms with Crippen LogP contribution in [0.4, 0.5) is 5.69 Å². The lowest BCUT2D eigenvalue weighted by Crippen LogP contribution is -2.22. The summed E-state index contributed by atoms with van der Waals surface area (Å²) in [4.78, 5) is 4.67. The van der Waals surface area contributed by atoms with Gasteiger partial charge in [0.15, 0.2) is 0 Å². The number of hydrogen-bond acceptors (Lipinski definition) is 4. The summed E-state index contributed by atoms with van der Waals surface area (Å²) < 4.78 is 6.12. The second-order valence-electron chi connectivity index (χ2n) is 6.09. The second-order valence-corrected chi connectivity index (χ2v) is 6.09. The molecule has 20 heavy (non-hydrogen) atoms. The molecule has 0 saturated heterocycles. The van der Waals surface area contributed by atoms with Gasteiger partial charge in [0.1, 0.15) is 6.10 Å². The van der Waals surface area contributed by atoms with Crippen LogP contribution in [0.25, 0.3) is 0 Å². The molecule has 4 nitrogen and oxygen atoms in total. The number of nitrogens with two attached hydrogens (primary N) is 1. The molecule has 0 aromatic carbocycles. The monoisotopic (exact) mass is 273 g/mol. The number of nitrogens with one attached hydrogen (secondary N) is 1. The smallest absolute Gasteiger partial charge is 0.225 e. The maximum atomic E-state index is 7.93. The van der Waals surface area contributed by atoms with Crippen LogP contribution in [-0.2, 0) is 0 Å². The van der Waals surface area contributed by atoms with E-state index in [2.05, 4.69) is 4.98 Å². The summed E-state index contributed by atoms with van der Waals surface area (Å²) in [5.41, 5.74) is 8.93. The summed E-state index contributed by atoms with van der Waals surface area (Å²) in [6.07, 6.45) is 8.55. The Kier molecular flexibility index (Phi) is 3.64. The van der Waals surface area contributed by atoms with Gasteiger partial charge in [0.05, 0.1) is 5.56 Å². The number of aromatic nitrogens is 1. The predicted octanol–water partition coefficient (Wildman–Crippen LogP) is 3.64. The summed E-state index contributed by atoms with van der Waals surface area (Å²) >= 11 is 0.